The number of benzene rings is 1. The maximum atomic E-state index is 13.7. The summed E-state index contributed by atoms with van der Waals surface area (Å²) in [6.45, 7) is 1.90. The zero-order valence-electron chi connectivity index (χ0n) is 9.58. The van der Waals surface area contributed by atoms with Crippen molar-refractivity contribution in [2.24, 2.45) is 0 Å². The van der Waals surface area contributed by atoms with Crippen molar-refractivity contribution in [3.63, 3.8) is 0 Å². The Kier molecular flexibility index (Phi) is 3.72. The predicted octanol–water partition coefficient (Wildman–Crippen LogP) is 3.54. The molecule has 1 N–H and O–H groups in total. The Labute approximate surface area is 112 Å². The van der Waals surface area contributed by atoms with E-state index in [1.807, 2.05) is 13.0 Å². The van der Waals surface area contributed by atoms with E-state index in [0.29, 0.717) is 5.82 Å². The van der Waals surface area contributed by atoms with Crippen LogP contribution < -0.4 is 5.32 Å². The van der Waals surface area contributed by atoms with Crippen molar-refractivity contribution in [3.05, 3.63) is 57.9 Å². The predicted molar refractivity (Wildman–Crippen MR) is 71.0 cm³/mol. The van der Waals surface area contributed by atoms with Gasteiger partial charge in [0.15, 0.2) is 0 Å². The van der Waals surface area contributed by atoms with E-state index < -0.39 is 11.7 Å². The van der Waals surface area contributed by atoms with Gasteiger partial charge in [-0.05, 0) is 46.6 Å². The van der Waals surface area contributed by atoms with Crippen LogP contribution in [0.25, 0.3) is 0 Å². The number of nitrogens with zero attached hydrogens (tertiary/aromatic N) is 1. The molecule has 0 atom stereocenters. The number of amides is 1. The molecule has 0 aliphatic carbocycles. The third kappa shape index (κ3) is 2.73. The van der Waals surface area contributed by atoms with Crippen LogP contribution in [0, 0.1) is 12.7 Å². The molecule has 18 heavy (non-hydrogen) atoms. The highest BCUT2D eigenvalue weighted by Crippen LogP contribution is 2.19. The molecule has 1 heterocycles. The number of carbonyl (C=O) groups is 1. The second-order valence-electron chi connectivity index (χ2n) is 3.78. The Balaban J connectivity index is 2.22. The lowest BCUT2D eigenvalue weighted by atomic mass is 10.2. The third-order valence-electron chi connectivity index (χ3n) is 2.35. The van der Waals surface area contributed by atoms with E-state index in [1.165, 1.54) is 12.1 Å². The van der Waals surface area contributed by atoms with Gasteiger partial charge in [-0.1, -0.05) is 12.1 Å². The summed E-state index contributed by atoms with van der Waals surface area (Å²) in [7, 11) is 0. The third-order valence-corrected chi connectivity index (χ3v) is 2.96. The quantitative estimate of drug-likeness (QED) is 0.922. The van der Waals surface area contributed by atoms with Gasteiger partial charge in [0.05, 0.1) is 10.0 Å². The molecule has 1 aromatic heterocycles. The van der Waals surface area contributed by atoms with Gasteiger partial charge in [-0.25, -0.2) is 9.37 Å². The Bertz CT molecular complexity index is 584. The van der Waals surface area contributed by atoms with E-state index >= 15 is 0 Å². The zero-order valence-corrected chi connectivity index (χ0v) is 11.2. The molecule has 0 aliphatic rings. The summed E-state index contributed by atoms with van der Waals surface area (Å²) < 4.78 is 13.9. The van der Waals surface area contributed by atoms with Gasteiger partial charge in [0.1, 0.15) is 11.6 Å². The fraction of sp³-hybridized carbons (Fsp3) is 0.0769. The number of hydrogen-bond donors (Lipinski definition) is 1. The first kappa shape index (κ1) is 12.7. The molecule has 0 aliphatic heterocycles. The number of carbonyl (C=O) groups excluding carboxylic acids is 1. The molecule has 0 radical (unpaired) electrons. The van der Waals surface area contributed by atoms with Gasteiger partial charge in [-0.2, -0.15) is 0 Å². The molecule has 5 heteroatoms. The molecule has 0 spiro atoms. The molecule has 0 unspecified atom stereocenters. The number of aryl methyl sites for hydroxylation is 1. The van der Waals surface area contributed by atoms with Gasteiger partial charge >= 0.3 is 0 Å². The van der Waals surface area contributed by atoms with Crippen molar-refractivity contribution in [2.45, 2.75) is 6.92 Å². The lowest BCUT2D eigenvalue weighted by Gasteiger charge is -2.06. The van der Waals surface area contributed by atoms with E-state index in [-0.39, 0.29) is 10.0 Å². The molecule has 1 amide bonds. The van der Waals surface area contributed by atoms with Crippen LogP contribution in [-0.4, -0.2) is 10.9 Å². The lowest BCUT2D eigenvalue weighted by Crippen LogP contribution is -2.14. The summed E-state index contributed by atoms with van der Waals surface area (Å²) in [5.41, 5.74) is 0.966. The van der Waals surface area contributed by atoms with Crippen LogP contribution in [0.3, 0.4) is 0 Å². The summed E-state index contributed by atoms with van der Waals surface area (Å²) in [6.07, 6.45) is 1.63. The number of halogens is 2. The van der Waals surface area contributed by atoms with Crippen LogP contribution >= 0.6 is 15.9 Å². The van der Waals surface area contributed by atoms with E-state index in [1.54, 1.807) is 18.3 Å². The second-order valence-corrected chi connectivity index (χ2v) is 4.63. The summed E-state index contributed by atoms with van der Waals surface area (Å²) in [5, 5.41) is 2.54. The van der Waals surface area contributed by atoms with Crippen LogP contribution in [0.2, 0.25) is 0 Å². The fourth-order valence-corrected chi connectivity index (χ4v) is 1.77. The Morgan fingerprint density at radius 2 is 2.11 bits per heavy atom. The molecule has 0 bridgehead atoms. The number of anilines is 1. The minimum absolute atomic E-state index is 0.0215. The van der Waals surface area contributed by atoms with Gasteiger partial charge < -0.3 is 5.32 Å². The van der Waals surface area contributed by atoms with E-state index in [0.717, 1.165) is 5.56 Å². The largest absolute Gasteiger partial charge is 0.306 e. The van der Waals surface area contributed by atoms with Gasteiger partial charge in [0.25, 0.3) is 5.91 Å². The topological polar surface area (TPSA) is 42.0 Å². The zero-order chi connectivity index (χ0) is 13.1. The number of nitrogens with one attached hydrogen (secondary N) is 1. The van der Waals surface area contributed by atoms with Crippen LogP contribution in [0.1, 0.15) is 15.9 Å². The normalized spacial score (nSPS) is 10.2. The van der Waals surface area contributed by atoms with Crippen LogP contribution in [0.15, 0.2) is 41.0 Å². The van der Waals surface area contributed by atoms with Gasteiger partial charge in [-0.15, -0.1) is 0 Å². The lowest BCUT2D eigenvalue weighted by molar-refractivity contribution is 0.102. The smallest absolute Gasteiger partial charge is 0.259 e. The van der Waals surface area contributed by atoms with Crippen LogP contribution in [-0.2, 0) is 0 Å². The summed E-state index contributed by atoms with van der Waals surface area (Å²) in [6, 6.07) is 8.05. The van der Waals surface area contributed by atoms with Crippen molar-refractivity contribution in [2.75, 3.05) is 5.32 Å². The maximum absolute atomic E-state index is 13.7. The van der Waals surface area contributed by atoms with Crippen molar-refractivity contribution in [1.29, 1.82) is 0 Å². The first-order valence-corrected chi connectivity index (χ1v) is 6.05. The number of rotatable bonds is 2. The average molecular weight is 309 g/mol. The molecule has 0 saturated heterocycles. The Morgan fingerprint density at radius 1 is 1.33 bits per heavy atom. The van der Waals surface area contributed by atoms with Gasteiger partial charge in [0, 0.05) is 6.20 Å². The summed E-state index contributed by atoms with van der Waals surface area (Å²) in [4.78, 5) is 15.9. The van der Waals surface area contributed by atoms with Crippen molar-refractivity contribution < 1.29 is 9.18 Å². The minimum atomic E-state index is -0.581. The first-order chi connectivity index (χ1) is 8.58. The minimum Gasteiger partial charge on any atom is -0.306 e. The molecule has 1 aromatic carbocycles. The molecule has 92 valence electrons. The van der Waals surface area contributed by atoms with Crippen molar-refractivity contribution >= 4 is 27.7 Å². The number of pyridine rings is 1. The molecular weight excluding hydrogens is 299 g/mol. The number of hydrogen-bond acceptors (Lipinski definition) is 2. The van der Waals surface area contributed by atoms with Gasteiger partial charge in [-0.3, -0.25) is 4.79 Å². The maximum Gasteiger partial charge on any atom is 0.259 e. The molecule has 2 aromatic rings. The highest BCUT2D eigenvalue weighted by molar-refractivity contribution is 9.10. The van der Waals surface area contributed by atoms with E-state index in [4.69, 9.17) is 0 Å². The molecule has 2 rings (SSSR count). The highest BCUT2D eigenvalue weighted by Gasteiger charge is 2.14. The highest BCUT2D eigenvalue weighted by atomic mass is 79.9. The fourth-order valence-electron chi connectivity index (χ4n) is 1.40. The standard InChI is InChI=1S/C13H10BrFN2O/c1-8-5-6-11(16-7-8)17-13(18)9-3-2-4-10(14)12(9)15/h2-7H,1H3,(H,16,17,18). The SMILES string of the molecule is Cc1ccc(NC(=O)c2cccc(Br)c2F)nc1. The van der Waals surface area contributed by atoms with E-state index in [9.17, 15) is 9.18 Å². The van der Waals surface area contributed by atoms with Crippen molar-refractivity contribution in [1.82, 2.24) is 4.98 Å². The number of aromatic nitrogens is 1. The molecular formula is C13H10BrFN2O. The first-order valence-electron chi connectivity index (χ1n) is 5.26. The molecule has 0 saturated carbocycles. The monoisotopic (exact) mass is 308 g/mol. The Hall–Kier alpha value is -1.75. The summed E-state index contributed by atoms with van der Waals surface area (Å²) >= 11 is 3.04. The van der Waals surface area contributed by atoms with E-state index in [2.05, 4.69) is 26.2 Å². The van der Waals surface area contributed by atoms with Crippen LogP contribution in [0.5, 0.6) is 0 Å². The Morgan fingerprint density at radius 3 is 2.78 bits per heavy atom. The average Bonchev–Trinajstić information content (AvgIpc) is 2.35. The molecule has 0 fully saturated rings. The van der Waals surface area contributed by atoms with Gasteiger partial charge in [0.2, 0.25) is 0 Å². The second kappa shape index (κ2) is 5.27. The summed E-state index contributed by atoms with van der Waals surface area (Å²) in [5.74, 6) is -0.711. The van der Waals surface area contributed by atoms with Crippen LogP contribution in [0.4, 0.5) is 10.2 Å². The molecule has 3 nitrogen and oxygen atoms in total. The van der Waals surface area contributed by atoms with Crippen molar-refractivity contribution in [3.8, 4) is 0 Å².